The van der Waals surface area contributed by atoms with Gasteiger partial charge in [0.1, 0.15) is 17.9 Å². The van der Waals surface area contributed by atoms with Crippen molar-refractivity contribution in [1.82, 2.24) is 15.5 Å². The SMILES string of the molecule is CC[C@]1(c2ccc(F)cc2)NC(=O)N(CC(=O)N[C@@H]2CCS(=O)(=O)C2)C1=O. The average Bonchev–Trinajstić information content (AvgIpc) is 3.07. The van der Waals surface area contributed by atoms with Gasteiger partial charge in [-0.05, 0) is 30.5 Å². The summed E-state index contributed by atoms with van der Waals surface area (Å²) < 4.78 is 36.1. The van der Waals surface area contributed by atoms with Gasteiger partial charge in [-0.3, -0.25) is 14.5 Å². The molecule has 146 valence electrons. The number of sulfone groups is 1. The summed E-state index contributed by atoms with van der Waals surface area (Å²) in [4.78, 5) is 38.2. The molecule has 27 heavy (non-hydrogen) atoms. The van der Waals surface area contributed by atoms with Gasteiger partial charge in [0.25, 0.3) is 5.91 Å². The molecule has 2 atom stereocenters. The highest BCUT2D eigenvalue weighted by Gasteiger charge is 2.51. The monoisotopic (exact) mass is 397 g/mol. The second-order valence-corrected chi connectivity index (χ2v) is 8.98. The van der Waals surface area contributed by atoms with E-state index in [-0.39, 0.29) is 17.9 Å². The van der Waals surface area contributed by atoms with Crippen LogP contribution in [0.4, 0.5) is 9.18 Å². The Morgan fingerprint density at radius 2 is 2.00 bits per heavy atom. The molecular formula is C17H20FN3O5S. The molecule has 2 heterocycles. The topological polar surface area (TPSA) is 113 Å². The van der Waals surface area contributed by atoms with Crippen molar-refractivity contribution >= 4 is 27.7 Å². The van der Waals surface area contributed by atoms with Crippen LogP contribution >= 0.6 is 0 Å². The second-order valence-electron chi connectivity index (χ2n) is 6.75. The first-order valence-electron chi connectivity index (χ1n) is 8.57. The molecule has 8 nitrogen and oxygen atoms in total. The Labute approximate surface area is 156 Å². The summed E-state index contributed by atoms with van der Waals surface area (Å²) in [5, 5.41) is 5.16. The van der Waals surface area contributed by atoms with Crippen LogP contribution in [0.25, 0.3) is 0 Å². The highest BCUT2D eigenvalue weighted by atomic mass is 32.2. The summed E-state index contributed by atoms with van der Waals surface area (Å²) >= 11 is 0. The Kier molecular flexibility index (Phi) is 4.94. The highest BCUT2D eigenvalue weighted by molar-refractivity contribution is 7.91. The van der Waals surface area contributed by atoms with Gasteiger partial charge in [0.05, 0.1) is 11.5 Å². The first-order valence-corrected chi connectivity index (χ1v) is 10.4. The van der Waals surface area contributed by atoms with E-state index in [0.29, 0.717) is 12.0 Å². The third-order valence-electron chi connectivity index (χ3n) is 4.94. The van der Waals surface area contributed by atoms with E-state index in [0.717, 1.165) is 4.90 Å². The fourth-order valence-electron chi connectivity index (χ4n) is 3.47. The van der Waals surface area contributed by atoms with Gasteiger partial charge in [-0.15, -0.1) is 0 Å². The normalized spacial score (nSPS) is 26.9. The predicted octanol–water partition coefficient (Wildman–Crippen LogP) is 0.286. The molecule has 1 aromatic rings. The molecule has 0 aliphatic carbocycles. The zero-order chi connectivity index (χ0) is 19.8. The van der Waals surface area contributed by atoms with Crippen LogP contribution in [0.2, 0.25) is 0 Å². The van der Waals surface area contributed by atoms with Crippen LogP contribution in [0.1, 0.15) is 25.3 Å². The minimum Gasteiger partial charge on any atom is -0.351 e. The number of halogens is 1. The van der Waals surface area contributed by atoms with E-state index in [2.05, 4.69) is 10.6 Å². The Morgan fingerprint density at radius 3 is 2.56 bits per heavy atom. The molecule has 0 aromatic heterocycles. The summed E-state index contributed by atoms with van der Waals surface area (Å²) in [6.45, 7) is 1.19. The standard InChI is InChI=1S/C17H20FN3O5S/c1-2-17(11-3-5-12(18)6-4-11)15(23)21(16(24)20-17)9-14(22)19-13-7-8-27(25,26)10-13/h3-6,13H,2,7-10H2,1H3,(H,19,22)(H,20,24)/t13-,17-/m1/s1. The largest absolute Gasteiger partial charge is 0.351 e. The molecule has 0 radical (unpaired) electrons. The van der Waals surface area contributed by atoms with E-state index in [1.54, 1.807) is 6.92 Å². The quantitative estimate of drug-likeness (QED) is 0.694. The molecule has 2 saturated heterocycles. The second kappa shape index (κ2) is 6.91. The van der Waals surface area contributed by atoms with Gasteiger partial charge >= 0.3 is 6.03 Å². The van der Waals surface area contributed by atoms with Crippen molar-refractivity contribution in [1.29, 1.82) is 0 Å². The lowest BCUT2D eigenvalue weighted by Crippen LogP contribution is -2.46. The number of nitrogens with zero attached hydrogens (tertiary/aromatic N) is 1. The van der Waals surface area contributed by atoms with Gasteiger partial charge in [-0.1, -0.05) is 19.1 Å². The van der Waals surface area contributed by atoms with E-state index in [4.69, 9.17) is 0 Å². The van der Waals surface area contributed by atoms with Crippen molar-refractivity contribution in [3.05, 3.63) is 35.6 Å². The van der Waals surface area contributed by atoms with Gasteiger partial charge < -0.3 is 10.6 Å². The lowest BCUT2D eigenvalue weighted by molar-refractivity contribution is -0.135. The molecule has 0 spiro atoms. The number of carbonyl (C=O) groups is 3. The van der Waals surface area contributed by atoms with Gasteiger partial charge in [0, 0.05) is 6.04 Å². The molecule has 0 unspecified atom stereocenters. The van der Waals surface area contributed by atoms with Crippen LogP contribution < -0.4 is 10.6 Å². The minimum atomic E-state index is -3.16. The van der Waals surface area contributed by atoms with Crippen LogP contribution in [0.15, 0.2) is 24.3 Å². The molecule has 2 aliphatic rings. The molecule has 2 aliphatic heterocycles. The number of imide groups is 1. The van der Waals surface area contributed by atoms with E-state index in [1.165, 1.54) is 24.3 Å². The number of hydrogen-bond donors (Lipinski definition) is 2. The highest BCUT2D eigenvalue weighted by Crippen LogP contribution is 2.32. The van der Waals surface area contributed by atoms with Crippen molar-refractivity contribution in [3.63, 3.8) is 0 Å². The number of nitrogens with one attached hydrogen (secondary N) is 2. The fraction of sp³-hybridized carbons (Fsp3) is 0.471. The lowest BCUT2D eigenvalue weighted by Gasteiger charge is -2.25. The molecule has 1 aromatic carbocycles. The molecule has 2 N–H and O–H groups in total. The first-order chi connectivity index (χ1) is 12.7. The summed E-state index contributed by atoms with van der Waals surface area (Å²) in [7, 11) is -3.16. The number of benzene rings is 1. The lowest BCUT2D eigenvalue weighted by atomic mass is 9.87. The van der Waals surface area contributed by atoms with Gasteiger partial charge in [-0.25, -0.2) is 17.6 Å². The summed E-state index contributed by atoms with van der Waals surface area (Å²) in [6, 6.07) is 4.00. The summed E-state index contributed by atoms with van der Waals surface area (Å²) in [5.74, 6) is -1.82. The summed E-state index contributed by atoms with van der Waals surface area (Å²) in [6.07, 6.45) is 0.533. The number of urea groups is 1. The Bertz CT molecular complexity index is 886. The van der Waals surface area contributed by atoms with E-state index >= 15 is 0 Å². The van der Waals surface area contributed by atoms with E-state index in [9.17, 15) is 27.2 Å². The molecule has 4 amide bonds. The van der Waals surface area contributed by atoms with Crippen molar-refractivity contribution in [2.45, 2.75) is 31.3 Å². The first kappa shape index (κ1) is 19.3. The Balaban J connectivity index is 1.73. The van der Waals surface area contributed by atoms with Crippen molar-refractivity contribution in [2.24, 2.45) is 0 Å². The average molecular weight is 397 g/mol. The Morgan fingerprint density at radius 1 is 1.33 bits per heavy atom. The van der Waals surface area contributed by atoms with Crippen LogP contribution in [-0.2, 0) is 25.0 Å². The Hall–Kier alpha value is -2.49. The van der Waals surface area contributed by atoms with Crippen molar-refractivity contribution < 1.29 is 27.2 Å². The number of rotatable bonds is 5. The van der Waals surface area contributed by atoms with Crippen molar-refractivity contribution in [3.8, 4) is 0 Å². The maximum atomic E-state index is 13.2. The van der Waals surface area contributed by atoms with Gasteiger partial charge in [-0.2, -0.15) is 0 Å². The maximum absolute atomic E-state index is 13.2. The van der Waals surface area contributed by atoms with Crippen LogP contribution in [0.3, 0.4) is 0 Å². The van der Waals surface area contributed by atoms with Gasteiger partial charge in [0.2, 0.25) is 5.91 Å². The molecule has 0 saturated carbocycles. The third-order valence-corrected chi connectivity index (χ3v) is 6.71. The summed E-state index contributed by atoms with van der Waals surface area (Å²) in [5.41, 5.74) is -0.934. The van der Waals surface area contributed by atoms with Crippen molar-refractivity contribution in [2.75, 3.05) is 18.1 Å². The van der Waals surface area contributed by atoms with Gasteiger partial charge in [0.15, 0.2) is 9.84 Å². The van der Waals surface area contributed by atoms with Crippen LogP contribution in [0, 0.1) is 5.82 Å². The predicted molar refractivity (Wildman–Crippen MR) is 93.8 cm³/mol. The van der Waals surface area contributed by atoms with Crippen LogP contribution in [-0.4, -0.2) is 55.3 Å². The smallest absolute Gasteiger partial charge is 0.325 e. The number of carbonyl (C=O) groups excluding carboxylic acids is 3. The zero-order valence-electron chi connectivity index (χ0n) is 14.7. The van der Waals surface area contributed by atoms with E-state index < -0.39 is 51.6 Å². The molecule has 10 heteroatoms. The number of hydrogen-bond acceptors (Lipinski definition) is 5. The molecule has 3 rings (SSSR count). The fourth-order valence-corrected chi connectivity index (χ4v) is 5.14. The van der Waals surface area contributed by atoms with E-state index in [1.807, 2.05) is 0 Å². The van der Waals surface area contributed by atoms with Crippen LogP contribution in [0.5, 0.6) is 0 Å². The minimum absolute atomic E-state index is 0.00455. The molecular weight excluding hydrogens is 377 g/mol. The molecule has 0 bridgehead atoms. The zero-order valence-corrected chi connectivity index (χ0v) is 15.5. The third kappa shape index (κ3) is 3.66. The number of amides is 4. The molecule has 2 fully saturated rings. The maximum Gasteiger partial charge on any atom is 0.325 e.